The molecule has 2 fully saturated rings. The van der Waals surface area contributed by atoms with Crippen LogP contribution in [0.15, 0.2) is 12.3 Å². The summed E-state index contributed by atoms with van der Waals surface area (Å²) >= 11 is 0. The Labute approximate surface area is 259 Å². The van der Waals surface area contributed by atoms with Crippen LogP contribution < -0.4 is 32.3 Å². The van der Waals surface area contributed by atoms with E-state index in [0.717, 1.165) is 57.2 Å². The third-order valence-corrected chi connectivity index (χ3v) is 8.21. The largest absolute Gasteiger partial charge is 0.480 e. The fraction of sp³-hybridized carbons (Fsp3) is 0.724. The van der Waals surface area contributed by atoms with Crippen molar-refractivity contribution in [1.82, 2.24) is 40.5 Å². The molecule has 15 heteroatoms. The predicted molar refractivity (Wildman–Crippen MR) is 169 cm³/mol. The van der Waals surface area contributed by atoms with E-state index in [1.165, 1.54) is 32.1 Å². The van der Waals surface area contributed by atoms with E-state index in [1.54, 1.807) is 11.0 Å². The summed E-state index contributed by atoms with van der Waals surface area (Å²) in [5.74, 6) is 0.245. The highest BCUT2D eigenvalue weighted by Crippen LogP contribution is 2.20. The molecule has 2 aromatic rings. The van der Waals surface area contributed by atoms with Crippen molar-refractivity contribution in [2.75, 3.05) is 61.8 Å². The van der Waals surface area contributed by atoms with Gasteiger partial charge in [-0.3, -0.25) is 14.3 Å². The number of nitrogens with two attached hydrogens (primary N) is 2. The Morgan fingerprint density at radius 1 is 1.02 bits per heavy atom. The number of carboxylic acid groups (broad SMARTS) is 1. The Morgan fingerprint density at radius 2 is 1.84 bits per heavy atom. The van der Waals surface area contributed by atoms with Crippen molar-refractivity contribution in [3.8, 4) is 0 Å². The minimum absolute atomic E-state index is 0.0879. The summed E-state index contributed by atoms with van der Waals surface area (Å²) in [5, 5.41) is 27.9. The molecular weight excluding hydrogens is 564 g/mol. The molecule has 1 aliphatic heterocycles. The minimum atomic E-state index is -1.10. The van der Waals surface area contributed by atoms with Gasteiger partial charge in [0.05, 0.1) is 12.7 Å². The zero-order valence-electron chi connectivity index (χ0n) is 25.8. The van der Waals surface area contributed by atoms with Gasteiger partial charge in [-0.05, 0) is 58.2 Å². The lowest BCUT2D eigenvalue weighted by atomic mass is 9.95. The first-order valence-electron chi connectivity index (χ1n) is 16.1. The van der Waals surface area contributed by atoms with Gasteiger partial charge in [-0.25, -0.2) is 0 Å². The number of amides is 1. The Kier molecular flexibility index (Phi) is 13.4. The zero-order chi connectivity index (χ0) is 31.1. The van der Waals surface area contributed by atoms with Gasteiger partial charge in [0.25, 0.3) is 0 Å². The van der Waals surface area contributed by atoms with Crippen LogP contribution in [0.4, 0.5) is 17.6 Å². The van der Waals surface area contributed by atoms with Crippen molar-refractivity contribution < 1.29 is 14.7 Å². The number of hydrogen-bond donors (Lipinski definition) is 6. The monoisotopic (exact) mass is 614 g/mol. The summed E-state index contributed by atoms with van der Waals surface area (Å²) in [5.41, 5.74) is 12.4. The van der Waals surface area contributed by atoms with E-state index >= 15 is 0 Å². The summed E-state index contributed by atoms with van der Waals surface area (Å²) in [4.78, 5) is 36.4. The van der Waals surface area contributed by atoms with Crippen LogP contribution >= 0.6 is 0 Å². The van der Waals surface area contributed by atoms with Gasteiger partial charge < -0.3 is 42.3 Å². The summed E-state index contributed by atoms with van der Waals surface area (Å²) in [6.45, 7) is 6.62. The lowest BCUT2D eigenvalue weighted by Gasteiger charge is -2.23. The SMILES string of the molecule is Nc1cc(N2CCCN(C(=O)CC[C@H](N)C(=O)O)CC2)nc(NCc2cn(CCCNCCCNC3CCCCC3)nn2)n1. The van der Waals surface area contributed by atoms with Gasteiger partial charge in [0.2, 0.25) is 11.9 Å². The first-order valence-corrected chi connectivity index (χ1v) is 16.1. The zero-order valence-corrected chi connectivity index (χ0v) is 25.8. The number of carbonyl (C=O) groups is 2. The van der Waals surface area contributed by atoms with Crippen LogP contribution in [0.3, 0.4) is 0 Å². The van der Waals surface area contributed by atoms with Crippen LogP contribution in [0.25, 0.3) is 0 Å². The fourth-order valence-electron chi connectivity index (χ4n) is 5.67. The van der Waals surface area contributed by atoms with Gasteiger partial charge in [-0.1, -0.05) is 24.5 Å². The van der Waals surface area contributed by atoms with Gasteiger partial charge >= 0.3 is 5.97 Å². The molecule has 0 bridgehead atoms. The topological polar surface area (TPSA) is 205 Å². The minimum Gasteiger partial charge on any atom is -0.480 e. The van der Waals surface area contributed by atoms with Gasteiger partial charge in [0.1, 0.15) is 23.4 Å². The maximum atomic E-state index is 12.6. The third kappa shape index (κ3) is 11.2. The molecule has 1 saturated heterocycles. The van der Waals surface area contributed by atoms with E-state index in [1.807, 2.05) is 10.9 Å². The van der Waals surface area contributed by atoms with Crippen molar-refractivity contribution in [1.29, 1.82) is 0 Å². The van der Waals surface area contributed by atoms with Crippen LogP contribution in [0, 0.1) is 0 Å². The number of aliphatic carboxylic acids is 1. The van der Waals surface area contributed by atoms with Crippen molar-refractivity contribution in [2.24, 2.45) is 5.73 Å². The Balaban J connectivity index is 1.14. The number of nitrogens with one attached hydrogen (secondary N) is 3. The van der Waals surface area contributed by atoms with Crippen LogP contribution in [0.1, 0.15) is 69.9 Å². The lowest BCUT2D eigenvalue weighted by molar-refractivity contribution is -0.139. The molecule has 1 saturated carbocycles. The molecule has 44 heavy (non-hydrogen) atoms. The second-order valence-corrected chi connectivity index (χ2v) is 11.8. The van der Waals surface area contributed by atoms with E-state index in [9.17, 15) is 9.59 Å². The fourth-order valence-corrected chi connectivity index (χ4v) is 5.67. The molecule has 2 aliphatic rings. The number of hydrogen-bond acceptors (Lipinski definition) is 12. The number of carbonyl (C=O) groups excluding carboxylic acids is 1. The highest BCUT2D eigenvalue weighted by atomic mass is 16.4. The number of aromatic nitrogens is 5. The number of nitrogens with zero attached hydrogens (tertiary/aromatic N) is 7. The Morgan fingerprint density at radius 3 is 2.66 bits per heavy atom. The van der Waals surface area contributed by atoms with Crippen molar-refractivity contribution in [2.45, 2.75) is 89.4 Å². The third-order valence-electron chi connectivity index (χ3n) is 8.21. The normalized spacial score (nSPS) is 16.9. The molecule has 1 amide bonds. The first-order chi connectivity index (χ1) is 21.4. The van der Waals surface area contributed by atoms with Gasteiger partial charge in [0, 0.05) is 51.3 Å². The predicted octanol–water partition coefficient (Wildman–Crippen LogP) is 0.785. The van der Waals surface area contributed by atoms with E-state index in [4.69, 9.17) is 16.6 Å². The molecule has 15 nitrogen and oxygen atoms in total. The summed E-state index contributed by atoms with van der Waals surface area (Å²) in [7, 11) is 0. The molecule has 1 aliphatic carbocycles. The molecule has 244 valence electrons. The van der Waals surface area contributed by atoms with E-state index in [0.29, 0.717) is 50.3 Å². The number of carboxylic acids is 1. The van der Waals surface area contributed by atoms with Crippen LogP contribution in [-0.4, -0.2) is 105 Å². The molecule has 0 unspecified atom stereocenters. The smallest absolute Gasteiger partial charge is 0.320 e. The molecule has 8 N–H and O–H groups in total. The summed E-state index contributed by atoms with van der Waals surface area (Å²) in [6.07, 6.45) is 11.8. The van der Waals surface area contributed by atoms with Crippen LogP contribution in [0.5, 0.6) is 0 Å². The van der Waals surface area contributed by atoms with E-state index in [-0.39, 0.29) is 18.7 Å². The van der Waals surface area contributed by atoms with Crippen molar-refractivity contribution in [3.05, 3.63) is 18.0 Å². The van der Waals surface area contributed by atoms with E-state index in [2.05, 4.69) is 41.1 Å². The van der Waals surface area contributed by atoms with Gasteiger partial charge in [-0.2, -0.15) is 9.97 Å². The number of anilines is 3. The molecule has 0 spiro atoms. The Hall–Kier alpha value is -3.56. The molecular formula is C29H50N12O3. The highest BCUT2D eigenvalue weighted by Gasteiger charge is 2.22. The molecule has 0 radical (unpaired) electrons. The first kappa shape index (κ1) is 33.3. The summed E-state index contributed by atoms with van der Waals surface area (Å²) in [6, 6.07) is 1.42. The molecule has 0 aromatic carbocycles. The summed E-state index contributed by atoms with van der Waals surface area (Å²) < 4.78 is 1.86. The highest BCUT2D eigenvalue weighted by molar-refractivity contribution is 5.78. The van der Waals surface area contributed by atoms with Crippen LogP contribution in [0.2, 0.25) is 0 Å². The van der Waals surface area contributed by atoms with E-state index < -0.39 is 12.0 Å². The van der Waals surface area contributed by atoms with Gasteiger partial charge in [0.15, 0.2) is 0 Å². The second-order valence-electron chi connectivity index (χ2n) is 11.8. The molecule has 1 atom stereocenters. The quantitative estimate of drug-likeness (QED) is 0.136. The molecule has 2 aromatic heterocycles. The Bertz CT molecular complexity index is 1170. The standard InChI is InChI=1S/C29H50N12O3/c30-24(28(43)44)9-10-27(42)40-15-6-14-39(17-18-40)26-19-25(31)35-29(36-26)34-20-23-21-41(38-37-23)16-5-12-32-11-4-13-33-22-7-2-1-3-8-22/h19,21-22,24,32-33H,1-18,20,30H2,(H,43,44)(H3,31,34,35,36)/t24-/m0/s1. The van der Waals surface area contributed by atoms with Gasteiger partial charge in [-0.15, -0.1) is 5.10 Å². The molecule has 4 rings (SSSR count). The lowest BCUT2D eigenvalue weighted by Crippen LogP contribution is -2.37. The number of rotatable bonds is 17. The number of aryl methyl sites for hydroxylation is 1. The average molecular weight is 615 g/mol. The maximum Gasteiger partial charge on any atom is 0.320 e. The van der Waals surface area contributed by atoms with Crippen molar-refractivity contribution in [3.63, 3.8) is 0 Å². The number of nitrogen functional groups attached to an aromatic ring is 1. The van der Waals surface area contributed by atoms with Crippen LogP contribution in [-0.2, 0) is 22.7 Å². The maximum absolute atomic E-state index is 12.6. The van der Waals surface area contributed by atoms with Crippen molar-refractivity contribution >= 4 is 29.5 Å². The second kappa shape index (κ2) is 17.7. The average Bonchev–Trinajstić information content (AvgIpc) is 3.33. The molecule has 3 heterocycles.